The highest BCUT2D eigenvalue weighted by molar-refractivity contribution is 7.89. The number of anilines is 1. The zero-order valence-corrected chi connectivity index (χ0v) is 10.2. The van der Waals surface area contributed by atoms with Gasteiger partial charge in [0.05, 0.1) is 11.3 Å². The Morgan fingerprint density at radius 2 is 2.11 bits per heavy atom. The first-order chi connectivity index (χ1) is 8.29. The summed E-state index contributed by atoms with van der Waals surface area (Å²) in [6.07, 6.45) is 0.231. The maximum absolute atomic E-state index is 12.9. The summed E-state index contributed by atoms with van der Waals surface area (Å²) in [7, 11) is -3.53. The predicted molar refractivity (Wildman–Crippen MR) is 64.4 cm³/mol. The second-order valence-corrected chi connectivity index (χ2v) is 5.38. The lowest BCUT2D eigenvalue weighted by atomic mass is 10.1. The van der Waals surface area contributed by atoms with E-state index < -0.39 is 21.8 Å². The van der Waals surface area contributed by atoms with Crippen LogP contribution in [0.5, 0.6) is 0 Å². The molecule has 4 N–H and O–H groups in total. The second-order valence-electron chi connectivity index (χ2n) is 3.64. The molecule has 0 unspecified atom stereocenters. The number of carboxylic acid groups (broad SMARTS) is 1. The summed E-state index contributed by atoms with van der Waals surface area (Å²) in [6.45, 7) is 0.225. The Hall–Kier alpha value is -1.67. The van der Waals surface area contributed by atoms with Crippen molar-refractivity contribution in [2.24, 2.45) is 5.14 Å². The van der Waals surface area contributed by atoms with Crippen LogP contribution in [0.1, 0.15) is 16.8 Å². The van der Waals surface area contributed by atoms with E-state index in [9.17, 15) is 17.6 Å². The molecule has 6 nitrogen and oxygen atoms in total. The van der Waals surface area contributed by atoms with Gasteiger partial charge in [0.1, 0.15) is 5.82 Å². The lowest BCUT2D eigenvalue weighted by molar-refractivity contribution is 0.0697. The number of carbonyl (C=O) groups is 1. The highest BCUT2D eigenvalue weighted by Gasteiger charge is 2.11. The minimum Gasteiger partial charge on any atom is -0.478 e. The molecule has 0 bridgehead atoms. The molecule has 8 heteroatoms. The Balaban J connectivity index is 2.65. The van der Waals surface area contributed by atoms with Gasteiger partial charge in [0, 0.05) is 12.2 Å². The summed E-state index contributed by atoms with van der Waals surface area (Å²) in [4.78, 5) is 10.8. The molecule has 0 aliphatic heterocycles. The molecule has 0 atom stereocenters. The highest BCUT2D eigenvalue weighted by Crippen LogP contribution is 2.16. The van der Waals surface area contributed by atoms with E-state index in [1.165, 1.54) is 6.07 Å². The number of nitrogens with one attached hydrogen (secondary N) is 1. The van der Waals surface area contributed by atoms with Gasteiger partial charge in [-0.2, -0.15) is 0 Å². The van der Waals surface area contributed by atoms with E-state index in [1.54, 1.807) is 0 Å². The Morgan fingerprint density at radius 1 is 1.44 bits per heavy atom. The van der Waals surface area contributed by atoms with Crippen molar-refractivity contribution in [3.8, 4) is 0 Å². The highest BCUT2D eigenvalue weighted by atomic mass is 32.2. The average molecular weight is 276 g/mol. The number of sulfonamides is 1. The lowest BCUT2D eigenvalue weighted by Gasteiger charge is -2.09. The molecule has 0 heterocycles. The fraction of sp³-hybridized carbons (Fsp3) is 0.300. The maximum Gasteiger partial charge on any atom is 0.337 e. The summed E-state index contributed by atoms with van der Waals surface area (Å²) in [5.74, 6) is -2.12. The maximum atomic E-state index is 12.9. The first kappa shape index (κ1) is 14.4. The van der Waals surface area contributed by atoms with E-state index in [1.807, 2.05) is 0 Å². The number of halogens is 1. The quantitative estimate of drug-likeness (QED) is 0.660. The first-order valence-electron chi connectivity index (χ1n) is 5.07. The molecule has 1 aromatic rings. The van der Waals surface area contributed by atoms with Gasteiger partial charge in [0.2, 0.25) is 10.0 Å². The summed E-state index contributed by atoms with van der Waals surface area (Å²) in [6, 6.07) is 3.30. The number of aromatic carboxylic acids is 1. The molecule has 0 saturated carbocycles. The molecule has 1 aromatic carbocycles. The van der Waals surface area contributed by atoms with Gasteiger partial charge in [-0.3, -0.25) is 0 Å². The molecule has 0 radical (unpaired) electrons. The Bertz CT molecular complexity index is 545. The minimum absolute atomic E-state index is 0.203. The van der Waals surface area contributed by atoms with Gasteiger partial charge in [-0.25, -0.2) is 22.7 Å². The number of primary sulfonamides is 1. The molecule has 100 valence electrons. The van der Waals surface area contributed by atoms with Crippen LogP contribution in [0.25, 0.3) is 0 Å². The van der Waals surface area contributed by atoms with E-state index in [0.717, 1.165) is 12.1 Å². The normalized spacial score (nSPS) is 11.2. The number of rotatable bonds is 6. The van der Waals surface area contributed by atoms with E-state index in [4.69, 9.17) is 10.2 Å². The fourth-order valence-corrected chi connectivity index (χ4v) is 1.89. The van der Waals surface area contributed by atoms with Crippen LogP contribution < -0.4 is 10.5 Å². The number of hydrogen-bond acceptors (Lipinski definition) is 4. The third kappa shape index (κ3) is 4.68. The van der Waals surface area contributed by atoms with Crippen molar-refractivity contribution >= 4 is 21.7 Å². The van der Waals surface area contributed by atoms with Crippen LogP contribution >= 0.6 is 0 Å². The van der Waals surface area contributed by atoms with Crippen LogP contribution in [-0.2, 0) is 10.0 Å². The molecule has 0 saturated heterocycles. The average Bonchev–Trinajstić information content (AvgIpc) is 2.24. The van der Waals surface area contributed by atoms with Crippen LogP contribution in [0.3, 0.4) is 0 Å². The van der Waals surface area contributed by atoms with Gasteiger partial charge >= 0.3 is 5.97 Å². The predicted octanol–water partition coefficient (Wildman–Crippen LogP) is 0.614. The number of nitrogens with two attached hydrogens (primary N) is 1. The van der Waals surface area contributed by atoms with Crippen molar-refractivity contribution < 1.29 is 22.7 Å². The molecule has 18 heavy (non-hydrogen) atoms. The van der Waals surface area contributed by atoms with Crippen molar-refractivity contribution in [1.82, 2.24) is 0 Å². The Labute approximate surface area is 104 Å². The molecule has 0 amide bonds. The van der Waals surface area contributed by atoms with Crippen LogP contribution in [0, 0.1) is 5.82 Å². The largest absolute Gasteiger partial charge is 0.478 e. The standard InChI is InChI=1S/C10H13FN2O4S/c11-7-2-3-9(8(6-7)10(14)15)13-4-1-5-18(12,16)17/h2-3,6,13H,1,4-5H2,(H,14,15)(H2,12,16,17). The fourth-order valence-electron chi connectivity index (χ4n) is 1.34. The van der Waals surface area contributed by atoms with Gasteiger partial charge in [-0.15, -0.1) is 0 Å². The Kier molecular flexibility index (Phi) is 4.62. The van der Waals surface area contributed by atoms with E-state index in [2.05, 4.69) is 5.32 Å². The van der Waals surface area contributed by atoms with Crippen LogP contribution in [0.15, 0.2) is 18.2 Å². The number of benzene rings is 1. The molecule has 0 fully saturated rings. The van der Waals surface area contributed by atoms with Gasteiger partial charge in [-0.1, -0.05) is 0 Å². The topological polar surface area (TPSA) is 109 Å². The molecule has 0 aromatic heterocycles. The number of hydrogen-bond donors (Lipinski definition) is 3. The van der Waals surface area contributed by atoms with E-state index in [0.29, 0.717) is 0 Å². The molecule has 1 rings (SSSR count). The van der Waals surface area contributed by atoms with Crippen molar-refractivity contribution in [1.29, 1.82) is 0 Å². The Morgan fingerprint density at radius 3 is 2.67 bits per heavy atom. The van der Waals surface area contributed by atoms with Gasteiger partial charge < -0.3 is 10.4 Å². The zero-order valence-electron chi connectivity index (χ0n) is 9.39. The SMILES string of the molecule is NS(=O)(=O)CCCNc1ccc(F)cc1C(=O)O. The van der Waals surface area contributed by atoms with E-state index >= 15 is 0 Å². The van der Waals surface area contributed by atoms with Crippen molar-refractivity contribution in [2.45, 2.75) is 6.42 Å². The summed E-state index contributed by atoms with van der Waals surface area (Å²) < 4.78 is 34.2. The first-order valence-corrected chi connectivity index (χ1v) is 6.78. The van der Waals surface area contributed by atoms with Crippen molar-refractivity contribution in [2.75, 3.05) is 17.6 Å². The lowest BCUT2D eigenvalue weighted by Crippen LogP contribution is -2.19. The monoisotopic (exact) mass is 276 g/mol. The summed E-state index contributed by atoms with van der Waals surface area (Å²) >= 11 is 0. The van der Waals surface area contributed by atoms with Crippen molar-refractivity contribution in [3.63, 3.8) is 0 Å². The van der Waals surface area contributed by atoms with Gasteiger partial charge in [0.25, 0.3) is 0 Å². The van der Waals surface area contributed by atoms with Gasteiger partial charge in [0.15, 0.2) is 0 Å². The zero-order chi connectivity index (χ0) is 13.8. The molecule has 0 aliphatic carbocycles. The molecular formula is C10H13FN2O4S. The van der Waals surface area contributed by atoms with E-state index in [-0.39, 0.29) is 30.0 Å². The molecule has 0 aliphatic rings. The molecule has 0 spiro atoms. The van der Waals surface area contributed by atoms with Crippen molar-refractivity contribution in [3.05, 3.63) is 29.6 Å². The molecular weight excluding hydrogens is 263 g/mol. The van der Waals surface area contributed by atoms with Gasteiger partial charge in [-0.05, 0) is 24.6 Å². The van der Waals surface area contributed by atoms with Crippen LogP contribution in [-0.4, -0.2) is 31.8 Å². The summed E-state index contributed by atoms with van der Waals surface area (Å²) in [5.41, 5.74) is 0.0314. The third-order valence-corrected chi connectivity index (χ3v) is 2.99. The third-order valence-electron chi connectivity index (χ3n) is 2.13. The summed E-state index contributed by atoms with van der Waals surface area (Å²) in [5, 5.41) is 16.4. The van der Waals surface area contributed by atoms with Crippen LogP contribution in [0.2, 0.25) is 0 Å². The van der Waals surface area contributed by atoms with Crippen LogP contribution in [0.4, 0.5) is 10.1 Å². The second kappa shape index (κ2) is 5.78. The number of carboxylic acids is 1. The smallest absolute Gasteiger partial charge is 0.337 e. The minimum atomic E-state index is -3.53.